The highest BCUT2D eigenvalue weighted by Crippen LogP contribution is 2.20. The number of nitrogen functional groups attached to an aromatic ring is 1. The normalized spacial score (nSPS) is 13.1. The summed E-state index contributed by atoms with van der Waals surface area (Å²) in [6.07, 6.45) is 0. The van der Waals surface area contributed by atoms with Crippen LogP contribution >= 0.6 is 0 Å². The van der Waals surface area contributed by atoms with E-state index >= 15 is 0 Å². The smallest absolute Gasteiger partial charge is 0.201 e. The van der Waals surface area contributed by atoms with Crippen molar-refractivity contribution in [1.29, 1.82) is 0 Å². The van der Waals surface area contributed by atoms with Crippen molar-refractivity contribution in [3.63, 3.8) is 0 Å². The average Bonchev–Trinajstić information content (AvgIpc) is 2.55. The van der Waals surface area contributed by atoms with Gasteiger partial charge in [0.2, 0.25) is 5.95 Å². The Morgan fingerprint density at radius 1 is 1.53 bits per heavy atom. The molecule has 1 heterocycles. The van der Waals surface area contributed by atoms with Crippen LogP contribution in [0.15, 0.2) is 18.2 Å². The number of benzene rings is 1. The maximum atomic E-state index is 13.1. The molecule has 1 atom stereocenters. The molecule has 0 fully saturated rings. The predicted octanol–water partition coefficient (Wildman–Crippen LogP) is 2.04. The van der Waals surface area contributed by atoms with Crippen LogP contribution in [0.3, 0.4) is 0 Å². The van der Waals surface area contributed by atoms with Crippen LogP contribution in [0.5, 0.6) is 0 Å². The number of imidazole rings is 1. The Kier molecular flexibility index (Phi) is 3.28. The number of rotatable bonds is 4. The van der Waals surface area contributed by atoms with E-state index in [4.69, 9.17) is 10.5 Å². The molecule has 4 nitrogen and oxygen atoms in total. The lowest BCUT2D eigenvalue weighted by atomic mass is 10.2. The van der Waals surface area contributed by atoms with Gasteiger partial charge in [0.25, 0.3) is 0 Å². The first-order chi connectivity index (χ1) is 8.11. The van der Waals surface area contributed by atoms with Crippen LogP contribution in [0.1, 0.15) is 6.92 Å². The summed E-state index contributed by atoms with van der Waals surface area (Å²) < 4.78 is 20.0. The second kappa shape index (κ2) is 4.71. The quantitative estimate of drug-likeness (QED) is 0.885. The molecule has 17 heavy (non-hydrogen) atoms. The van der Waals surface area contributed by atoms with Gasteiger partial charge in [0.15, 0.2) is 0 Å². The molecule has 5 heteroatoms. The topological polar surface area (TPSA) is 53.1 Å². The number of aromatic nitrogens is 2. The molecule has 1 unspecified atom stereocenters. The molecule has 92 valence electrons. The Balaban J connectivity index is 2.36. The van der Waals surface area contributed by atoms with Crippen LogP contribution in [-0.2, 0) is 11.3 Å². The average molecular weight is 237 g/mol. The first-order valence-electron chi connectivity index (χ1n) is 5.52. The van der Waals surface area contributed by atoms with E-state index in [1.54, 1.807) is 13.2 Å². The summed E-state index contributed by atoms with van der Waals surface area (Å²) in [4.78, 5) is 4.15. The Labute approximate surface area is 99.2 Å². The van der Waals surface area contributed by atoms with E-state index in [2.05, 4.69) is 11.9 Å². The molecular weight excluding hydrogens is 221 g/mol. The Morgan fingerprint density at radius 2 is 2.29 bits per heavy atom. The van der Waals surface area contributed by atoms with Crippen molar-refractivity contribution >= 4 is 17.0 Å². The van der Waals surface area contributed by atoms with Crippen LogP contribution in [0, 0.1) is 11.7 Å². The monoisotopic (exact) mass is 237 g/mol. The summed E-state index contributed by atoms with van der Waals surface area (Å²) in [6.45, 7) is 3.43. The van der Waals surface area contributed by atoms with Gasteiger partial charge in [-0.1, -0.05) is 6.92 Å². The van der Waals surface area contributed by atoms with E-state index in [1.165, 1.54) is 12.1 Å². The summed E-state index contributed by atoms with van der Waals surface area (Å²) in [5, 5.41) is 0. The third-order valence-electron chi connectivity index (χ3n) is 2.69. The van der Waals surface area contributed by atoms with Crippen LogP contribution in [0.25, 0.3) is 11.0 Å². The number of anilines is 1. The first kappa shape index (κ1) is 11.9. The van der Waals surface area contributed by atoms with Gasteiger partial charge in [0, 0.05) is 19.7 Å². The van der Waals surface area contributed by atoms with E-state index in [1.807, 2.05) is 4.57 Å². The standard InChI is InChI=1S/C12H16FN3O/c1-8(7-17-2)6-16-11-4-3-9(13)5-10(11)15-12(16)14/h3-5,8H,6-7H2,1-2H3,(H2,14,15). The number of hydrogen-bond donors (Lipinski definition) is 1. The minimum atomic E-state index is -0.299. The van der Waals surface area contributed by atoms with Crippen LogP contribution < -0.4 is 5.73 Å². The highest BCUT2D eigenvalue weighted by atomic mass is 19.1. The molecule has 0 aliphatic carbocycles. The lowest BCUT2D eigenvalue weighted by molar-refractivity contribution is 0.152. The molecule has 0 amide bonds. The van der Waals surface area contributed by atoms with Crippen molar-refractivity contribution < 1.29 is 9.13 Å². The number of fused-ring (bicyclic) bond motifs is 1. The molecule has 0 saturated carbocycles. The minimum Gasteiger partial charge on any atom is -0.384 e. The number of nitrogens with two attached hydrogens (primary N) is 1. The Morgan fingerprint density at radius 3 is 3.00 bits per heavy atom. The fraction of sp³-hybridized carbons (Fsp3) is 0.417. The fourth-order valence-corrected chi connectivity index (χ4v) is 1.96. The zero-order chi connectivity index (χ0) is 12.4. The van der Waals surface area contributed by atoms with Gasteiger partial charge in [-0.2, -0.15) is 0 Å². The number of methoxy groups -OCH3 is 1. The predicted molar refractivity (Wildman–Crippen MR) is 65.1 cm³/mol. The molecule has 0 radical (unpaired) electrons. The molecular formula is C12H16FN3O. The van der Waals surface area contributed by atoms with Crippen molar-refractivity contribution in [3.05, 3.63) is 24.0 Å². The van der Waals surface area contributed by atoms with Crippen molar-refractivity contribution in [2.24, 2.45) is 5.92 Å². The van der Waals surface area contributed by atoms with Crippen molar-refractivity contribution in [3.8, 4) is 0 Å². The van der Waals surface area contributed by atoms with Crippen molar-refractivity contribution in [1.82, 2.24) is 9.55 Å². The third-order valence-corrected chi connectivity index (χ3v) is 2.69. The van der Waals surface area contributed by atoms with Gasteiger partial charge < -0.3 is 15.0 Å². The summed E-state index contributed by atoms with van der Waals surface area (Å²) in [7, 11) is 1.67. The molecule has 0 spiro atoms. The Hall–Kier alpha value is -1.62. The van der Waals surface area contributed by atoms with Gasteiger partial charge in [0.05, 0.1) is 17.6 Å². The van der Waals surface area contributed by atoms with Gasteiger partial charge in [-0.05, 0) is 18.1 Å². The third kappa shape index (κ3) is 2.39. The second-order valence-corrected chi connectivity index (χ2v) is 4.27. The van der Waals surface area contributed by atoms with E-state index in [-0.39, 0.29) is 5.82 Å². The summed E-state index contributed by atoms with van der Waals surface area (Å²) >= 11 is 0. The van der Waals surface area contributed by atoms with E-state index in [0.29, 0.717) is 30.5 Å². The summed E-state index contributed by atoms with van der Waals surface area (Å²) in [6, 6.07) is 4.51. The first-order valence-corrected chi connectivity index (χ1v) is 5.52. The lowest BCUT2D eigenvalue weighted by Gasteiger charge is -2.12. The molecule has 0 aliphatic heterocycles. The highest BCUT2D eigenvalue weighted by Gasteiger charge is 2.11. The van der Waals surface area contributed by atoms with Gasteiger partial charge in [-0.3, -0.25) is 0 Å². The van der Waals surface area contributed by atoms with E-state index in [0.717, 1.165) is 5.52 Å². The van der Waals surface area contributed by atoms with Crippen molar-refractivity contribution in [2.75, 3.05) is 19.5 Å². The van der Waals surface area contributed by atoms with Gasteiger partial charge >= 0.3 is 0 Å². The van der Waals surface area contributed by atoms with Crippen molar-refractivity contribution in [2.45, 2.75) is 13.5 Å². The van der Waals surface area contributed by atoms with Gasteiger partial charge in [-0.15, -0.1) is 0 Å². The van der Waals surface area contributed by atoms with Gasteiger partial charge in [0.1, 0.15) is 5.82 Å². The molecule has 1 aromatic carbocycles. The number of ether oxygens (including phenoxy) is 1. The van der Waals surface area contributed by atoms with Crippen LogP contribution in [-0.4, -0.2) is 23.3 Å². The Bertz CT molecular complexity index is 524. The molecule has 2 aromatic rings. The van der Waals surface area contributed by atoms with Gasteiger partial charge in [-0.25, -0.2) is 9.37 Å². The molecule has 1 aromatic heterocycles. The lowest BCUT2D eigenvalue weighted by Crippen LogP contribution is -2.14. The zero-order valence-corrected chi connectivity index (χ0v) is 9.98. The van der Waals surface area contributed by atoms with E-state index in [9.17, 15) is 4.39 Å². The molecule has 2 N–H and O–H groups in total. The fourth-order valence-electron chi connectivity index (χ4n) is 1.96. The molecule has 0 aliphatic rings. The molecule has 0 bridgehead atoms. The highest BCUT2D eigenvalue weighted by molar-refractivity contribution is 5.78. The number of halogens is 1. The van der Waals surface area contributed by atoms with Crippen LogP contribution in [0.4, 0.5) is 10.3 Å². The minimum absolute atomic E-state index is 0.299. The zero-order valence-electron chi connectivity index (χ0n) is 9.98. The maximum Gasteiger partial charge on any atom is 0.201 e. The van der Waals surface area contributed by atoms with E-state index < -0.39 is 0 Å². The summed E-state index contributed by atoms with van der Waals surface area (Å²) in [5.41, 5.74) is 7.28. The maximum absolute atomic E-state index is 13.1. The number of nitrogens with zero attached hydrogens (tertiary/aromatic N) is 2. The SMILES string of the molecule is COCC(C)Cn1c(N)nc2cc(F)ccc21. The largest absolute Gasteiger partial charge is 0.384 e. The second-order valence-electron chi connectivity index (χ2n) is 4.27. The number of hydrogen-bond acceptors (Lipinski definition) is 3. The van der Waals surface area contributed by atoms with Crippen LogP contribution in [0.2, 0.25) is 0 Å². The summed E-state index contributed by atoms with van der Waals surface area (Å²) in [5.74, 6) is 0.436. The molecule has 0 saturated heterocycles. The molecule has 2 rings (SSSR count).